The van der Waals surface area contributed by atoms with E-state index >= 15 is 0 Å². The fraction of sp³-hybridized carbons (Fsp3) is 0.831. The number of unbranched alkanes of at least 4 members (excludes halogenated alkanes) is 33. The minimum Gasteiger partial charge on any atom is -0.394 e. The predicted molar refractivity (Wildman–Crippen MR) is 378 cm³/mol. The lowest BCUT2D eigenvalue weighted by atomic mass is 9.96. The van der Waals surface area contributed by atoms with Gasteiger partial charge in [0.1, 0.15) is 73.2 Å². The summed E-state index contributed by atoms with van der Waals surface area (Å²) < 4.78 is 34.3. The molecule has 96 heavy (non-hydrogen) atoms. The van der Waals surface area contributed by atoms with Gasteiger partial charge in [-0.25, -0.2) is 0 Å². The van der Waals surface area contributed by atoms with Crippen molar-refractivity contribution in [2.45, 2.75) is 381 Å². The quantitative estimate of drug-likeness (QED) is 0.0199. The third-order valence-electron chi connectivity index (χ3n) is 18.7. The Bertz CT molecular complexity index is 2020. The molecule has 3 heterocycles. The van der Waals surface area contributed by atoms with Crippen LogP contribution in [-0.4, -0.2) is 193 Å². The highest BCUT2D eigenvalue weighted by molar-refractivity contribution is 5.76. The van der Waals surface area contributed by atoms with Gasteiger partial charge in [-0.2, -0.15) is 0 Å². The van der Waals surface area contributed by atoms with Crippen LogP contribution < -0.4 is 5.32 Å². The van der Waals surface area contributed by atoms with E-state index in [1.54, 1.807) is 6.08 Å². The predicted octanol–water partition coefficient (Wildman–Crippen LogP) is 11.7. The third-order valence-corrected chi connectivity index (χ3v) is 18.7. The van der Waals surface area contributed by atoms with E-state index in [1.807, 2.05) is 6.08 Å². The van der Waals surface area contributed by atoms with Crippen LogP contribution in [0.2, 0.25) is 0 Å². The Morgan fingerprint density at radius 2 is 0.708 bits per heavy atom. The number of nitrogens with one attached hydrogen (secondary N) is 1. The molecule has 1 amide bonds. The van der Waals surface area contributed by atoms with Gasteiger partial charge in [-0.05, 0) is 77.0 Å². The number of amides is 1. The molecule has 17 atom stereocenters. The average molecular weight is 1360 g/mol. The number of allylic oxidation sites excluding steroid dienone is 11. The molecule has 0 spiro atoms. The number of carbonyl (C=O) groups excluding carboxylic acids is 1. The smallest absolute Gasteiger partial charge is 0.220 e. The Labute approximate surface area is 578 Å². The van der Waals surface area contributed by atoms with Gasteiger partial charge < -0.3 is 89.9 Å². The van der Waals surface area contributed by atoms with E-state index in [-0.39, 0.29) is 18.9 Å². The molecule has 3 saturated heterocycles. The molecule has 3 fully saturated rings. The fourth-order valence-electron chi connectivity index (χ4n) is 12.5. The molecule has 0 radical (unpaired) electrons. The number of carbonyl (C=O) groups is 1. The van der Waals surface area contributed by atoms with Crippen LogP contribution in [0.4, 0.5) is 0 Å². The lowest BCUT2D eigenvalue weighted by molar-refractivity contribution is -0.379. The molecule has 3 rings (SSSR count). The molecule has 12 N–H and O–H groups in total. The molecular formula is C77H137NO18. The Hall–Kier alpha value is -2.77. The summed E-state index contributed by atoms with van der Waals surface area (Å²) >= 11 is 0. The standard InChI is InChI=1S/C77H137NO18/c1-3-5-7-9-11-13-15-17-18-19-20-21-22-23-24-25-26-27-28-29-30-31-32-33-34-35-36-37-38-39-40-41-42-43-45-47-49-51-53-55-65(83)78-60(61(82)54-52-50-48-46-44-16-14-12-10-8-6-4-2)59-91-75-71(89)68(86)73(63(57-80)93-75)96-77-72(90)69(87)74(64(58-81)94-77)95-76-70(88)67(85)66(84)62(56-79)92-76/h10,12,15,17,19-20,22-23,44,46,52,54,60-64,66-77,79-82,84-90H,3-9,11,13-14,16,18,21,24-43,45,47-51,53,55-59H2,1-2H3,(H,78,83)/b12-10+,17-15-,20-19-,23-22-,46-44+,54-52+. The Morgan fingerprint density at radius 3 is 1.15 bits per heavy atom. The fourth-order valence-corrected chi connectivity index (χ4v) is 12.5. The Balaban J connectivity index is 1.29. The van der Waals surface area contributed by atoms with Crippen molar-refractivity contribution in [3.63, 3.8) is 0 Å². The van der Waals surface area contributed by atoms with E-state index in [0.717, 1.165) is 57.8 Å². The molecule has 0 aromatic heterocycles. The van der Waals surface area contributed by atoms with Crippen LogP contribution in [0.25, 0.3) is 0 Å². The second-order valence-corrected chi connectivity index (χ2v) is 27.1. The van der Waals surface area contributed by atoms with E-state index in [2.05, 4.69) is 79.9 Å². The van der Waals surface area contributed by atoms with E-state index < -0.39 is 124 Å². The Morgan fingerprint density at radius 1 is 0.375 bits per heavy atom. The van der Waals surface area contributed by atoms with Gasteiger partial charge in [0.25, 0.3) is 0 Å². The molecule has 0 bridgehead atoms. The first-order valence-corrected chi connectivity index (χ1v) is 38.2. The minimum atomic E-state index is -1.98. The van der Waals surface area contributed by atoms with Gasteiger partial charge in [0, 0.05) is 6.42 Å². The van der Waals surface area contributed by atoms with Crippen LogP contribution in [0.3, 0.4) is 0 Å². The molecule has 0 aromatic carbocycles. The van der Waals surface area contributed by atoms with Crippen molar-refractivity contribution in [3.05, 3.63) is 72.9 Å². The highest BCUT2D eigenvalue weighted by atomic mass is 16.8. The summed E-state index contributed by atoms with van der Waals surface area (Å²) in [5, 5.41) is 120. The molecule has 558 valence electrons. The summed E-state index contributed by atoms with van der Waals surface area (Å²) in [6.07, 6.45) is 47.9. The lowest BCUT2D eigenvalue weighted by Gasteiger charge is -2.48. The zero-order chi connectivity index (χ0) is 69.6. The summed E-state index contributed by atoms with van der Waals surface area (Å²) in [6.45, 7) is 1.64. The van der Waals surface area contributed by atoms with Gasteiger partial charge in [0.2, 0.25) is 5.91 Å². The van der Waals surface area contributed by atoms with Crippen LogP contribution in [0.1, 0.15) is 277 Å². The summed E-state index contributed by atoms with van der Waals surface area (Å²) in [6, 6.07) is -0.996. The van der Waals surface area contributed by atoms with Crippen molar-refractivity contribution < 1.29 is 89.4 Å². The molecule has 0 aromatic rings. The van der Waals surface area contributed by atoms with Gasteiger partial charge in [-0.1, -0.05) is 267 Å². The maximum atomic E-state index is 13.4. The number of aliphatic hydroxyl groups excluding tert-OH is 11. The van der Waals surface area contributed by atoms with Crippen molar-refractivity contribution in [3.8, 4) is 0 Å². The van der Waals surface area contributed by atoms with Crippen molar-refractivity contribution in [2.24, 2.45) is 0 Å². The number of rotatable bonds is 59. The topological polar surface area (TPSA) is 307 Å². The highest BCUT2D eigenvalue weighted by Gasteiger charge is 2.53. The average Bonchev–Trinajstić information content (AvgIpc) is 0.789. The minimum absolute atomic E-state index is 0.232. The van der Waals surface area contributed by atoms with Crippen LogP contribution in [-0.2, 0) is 33.2 Å². The van der Waals surface area contributed by atoms with Crippen LogP contribution >= 0.6 is 0 Å². The first kappa shape index (κ1) is 87.4. The summed E-state index contributed by atoms with van der Waals surface area (Å²) in [5.74, 6) is -0.289. The molecule has 0 saturated carbocycles. The van der Waals surface area contributed by atoms with Gasteiger partial charge >= 0.3 is 0 Å². The number of ether oxygens (including phenoxy) is 6. The molecule has 0 aliphatic carbocycles. The number of aliphatic hydroxyl groups is 11. The molecule has 19 heteroatoms. The Kier molecular flexibility index (Phi) is 52.7. The number of hydrogen-bond acceptors (Lipinski definition) is 18. The van der Waals surface area contributed by atoms with Crippen molar-refractivity contribution in [1.82, 2.24) is 5.32 Å². The van der Waals surface area contributed by atoms with E-state index in [9.17, 15) is 61.0 Å². The second-order valence-electron chi connectivity index (χ2n) is 27.1. The van der Waals surface area contributed by atoms with Crippen LogP contribution in [0, 0.1) is 0 Å². The van der Waals surface area contributed by atoms with Crippen molar-refractivity contribution in [2.75, 3.05) is 26.4 Å². The summed E-state index contributed by atoms with van der Waals surface area (Å²) in [5.41, 5.74) is 0. The zero-order valence-electron chi connectivity index (χ0n) is 59.3. The molecule has 17 unspecified atom stereocenters. The van der Waals surface area contributed by atoms with E-state index in [1.165, 1.54) is 186 Å². The van der Waals surface area contributed by atoms with Crippen molar-refractivity contribution in [1.29, 1.82) is 0 Å². The van der Waals surface area contributed by atoms with Crippen LogP contribution in [0.15, 0.2) is 72.9 Å². The third kappa shape index (κ3) is 38.3. The SMILES string of the molecule is CCCC/C=C/CC/C=C/CC/C=C/C(O)C(COC1OC(CO)C(OC2OC(CO)C(OC3OC(CO)C(O)C(O)C3O)C(O)C2O)C(O)C1O)NC(=O)CCCCCCCCCCCCCCCCCCCCCCCCCC/C=C\C/C=C\C/C=C\CCCCCCC. The van der Waals surface area contributed by atoms with E-state index in [4.69, 9.17) is 28.4 Å². The van der Waals surface area contributed by atoms with Crippen molar-refractivity contribution >= 4 is 5.91 Å². The lowest BCUT2D eigenvalue weighted by Crippen LogP contribution is -2.66. The number of hydrogen-bond donors (Lipinski definition) is 12. The maximum Gasteiger partial charge on any atom is 0.220 e. The largest absolute Gasteiger partial charge is 0.394 e. The molecule has 3 aliphatic heterocycles. The molecule has 3 aliphatic rings. The molecule has 19 nitrogen and oxygen atoms in total. The summed E-state index contributed by atoms with van der Waals surface area (Å²) in [4.78, 5) is 13.4. The van der Waals surface area contributed by atoms with Crippen LogP contribution in [0.5, 0.6) is 0 Å². The second kappa shape index (κ2) is 57.8. The first-order chi connectivity index (χ1) is 46.8. The zero-order valence-corrected chi connectivity index (χ0v) is 59.3. The maximum absolute atomic E-state index is 13.4. The molecular weight excluding hydrogens is 1230 g/mol. The van der Waals surface area contributed by atoms with Gasteiger partial charge in [-0.3, -0.25) is 4.79 Å². The van der Waals surface area contributed by atoms with Gasteiger partial charge in [-0.15, -0.1) is 0 Å². The highest BCUT2D eigenvalue weighted by Crippen LogP contribution is 2.33. The normalized spacial score (nSPS) is 27.4. The first-order valence-electron chi connectivity index (χ1n) is 38.2. The van der Waals surface area contributed by atoms with Gasteiger partial charge in [0.05, 0.1) is 38.6 Å². The summed E-state index contributed by atoms with van der Waals surface area (Å²) in [7, 11) is 0. The monoisotopic (exact) mass is 1360 g/mol. The van der Waals surface area contributed by atoms with E-state index in [0.29, 0.717) is 12.8 Å². The van der Waals surface area contributed by atoms with Gasteiger partial charge in [0.15, 0.2) is 18.9 Å².